The zero-order valence-corrected chi connectivity index (χ0v) is 11.6. The number of amides is 1. The Labute approximate surface area is 116 Å². The van der Waals surface area contributed by atoms with Crippen LogP contribution in [-0.2, 0) is 0 Å². The Kier molecular flexibility index (Phi) is 3.89. The molecule has 0 atom stereocenters. The van der Waals surface area contributed by atoms with E-state index in [-0.39, 0.29) is 5.91 Å². The number of hydrogen-bond donors (Lipinski definition) is 2. The number of aryl methyl sites for hydroxylation is 2. The SMILES string of the molecule is C/C(=N\O)c1ccccc1NC(=O)c1cc(C)oc1C. The van der Waals surface area contributed by atoms with Gasteiger partial charge in [0.15, 0.2) is 0 Å². The summed E-state index contributed by atoms with van der Waals surface area (Å²) in [6.45, 7) is 5.20. The molecule has 0 saturated heterocycles. The molecule has 5 nitrogen and oxygen atoms in total. The minimum Gasteiger partial charge on any atom is -0.466 e. The lowest BCUT2D eigenvalue weighted by Gasteiger charge is -2.09. The molecular formula is C15H16N2O3. The standard InChI is InChI=1S/C15H16N2O3/c1-9-8-13(11(3)20-9)15(18)16-14-7-5-4-6-12(14)10(2)17-19/h4-8,19H,1-3H3,(H,16,18)/b17-10+. The van der Waals surface area contributed by atoms with Crippen LogP contribution in [0.2, 0.25) is 0 Å². The van der Waals surface area contributed by atoms with Crippen LogP contribution in [0, 0.1) is 13.8 Å². The van der Waals surface area contributed by atoms with Gasteiger partial charge in [-0.15, -0.1) is 0 Å². The van der Waals surface area contributed by atoms with E-state index in [4.69, 9.17) is 9.62 Å². The summed E-state index contributed by atoms with van der Waals surface area (Å²) in [6, 6.07) is 8.84. The average molecular weight is 272 g/mol. The van der Waals surface area contributed by atoms with E-state index in [9.17, 15) is 4.79 Å². The van der Waals surface area contributed by atoms with Crippen molar-refractivity contribution in [2.75, 3.05) is 5.32 Å². The summed E-state index contributed by atoms with van der Waals surface area (Å²) in [4.78, 5) is 12.2. The summed E-state index contributed by atoms with van der Waals surface area (Å²) in [5.41, 5.74) is 2.18. The van der Waals surface area contributed by atoms with Crippen molar-refractivity contribution in [2.24, 2.45) is 5.16 Å². The van der Waals surface area contributed by atoms with Gasteiger partial charge in [0, 0.05) is 5.56 Å². The van der Waals surface area contributed by atoms with Gasteiger partial charge >= 0.3 is 0 Å². The van der Waals surface area contributed by atoms with Crippen LogP contribution in [0.3, 0.4) is 0 Å². The second kappa shape index (κ2) is 5.61. The molecule has 104 valence electrons. The highest BCUT2D eigenvalue weighted by molar-refractivity contribution is 6.10. The number of rotatable bonds is 3. The molecule has 0 radical (unpaired) electrons. The van der Waals surface area contributed by atoms with Crippen molar-refractivity contribution in [2.45, 2.75) is 20.8 Å². The number of furan rings is 1. The Morgan fingerprint density at radius 2 is 1.95 bits per heavy atom. The van der Waals surface area contributed by atoms with Crippen molar-refractivity contribution in [1.82, 2.24) is 0 Å². The molecule has 2 rings (SSSR count). The van der Waals surface area contributed by atoms with Gasteiger partial charge in [-0.3, -0.25) is 4.79 Å². The van der Waals surface area contributed by atoms with Crippen molar-refractivity contribution in [3.8, 4) is 0 Å². The first kappa shape index (κ1) is 13.9. The van der Waals surface area contributed by atoms with Gasteiger partial charge in [0.25, 0.3) is 5.91 Å². The maximum absolute atomic E-state index is 12.2. The van der Waals surface area contributed by atoms with Crippen LogP contribution in [-0.4, -0.2) is 16.8 Å². The summed E-state index contributed by atoms with van der Waals surface area (Å²) in [7, 11) is 0. The van der Waals surface area contributed by atoms with E-state index in [1.54, 1.807) is 45.0 Å². The first-order valence-electron chi connectivity index (χ1n) is 6.19. The van der Waals surface area contributed by atoms with Crippen LogP contribution in [0.5, 0.6) is 0 Å². The van der Waals surface area contributed by atoms with Crippen molar-refractivity contribution in [1.29, 1.82) is 0 Å². The average Bonchev–Trinajstić information content (AvgIpc) is 2.77. The molecule has 1 amide bonds. The lowest BCUT2D eigenvalue weighted by molar-refractivity contribution is 0.102. The van der Waals surface area contributed by atoms with Gasteiger partial charge in [0.1, 0.15) is 11.5 Å². The molecule has 0 saturated carbocycles. The molecule has 0 spiro atoms. The van der Waals surface area contributed by atoms with Crippen LogP contribution in [0.1, 0.15) is 34.4 Å². The van der Waals surface area contributed by atoms with Gasteiger partial charge in [-0.25, -0.2) is 0 Å². The number of hydrogen-bond acceptors (Lipinski definition) is 4. The maximum Gasteiger partial charge on any atom is 0.259 e. The predicted molar refractivity (Wildman–Crippen MR) is 76.6 cm³/mol. The highest BCUT2D eigenvalue weighted by Gasteiger charge is 2.15. The summed E-state index contributed by atoms with van der Waals surface area (Å²) >= 11 is 0. The van der Waals surface area contributed by atoms with Crippen LogP contribution in [0.25, 0.3) is 0 Å². The number of anilines is 1. The first-order chi connectivity index (χ1) is 9.52. The van der Waals surface area contributed by atoms with E-state index in [1.807, 2.05) is 6.07 Å². The van der Waals surface area contributed by atoms with Crippen LogP contribution < -0.4 is 5.32 Å². The Morgan fingerprint density at radius 1 is 1.25 bits per heavy atom. The molecule has 2 N–H and O–H groups in total. The quantitative estimate of drug-likeness (QED) is 0.511. The van der Waals surface area contributed by atoms with E-state index < -0.39 is 0 Å². The Morgan fingerprint density at radius 3 is 2.55 bits per heavy atom. The zero-order valence-electron chi connectivity index (χ0n) is 11.6. The molecular weight excluding hydrogens is 256 g/mol. The third-order valence-electron chi connectivity index (χ3n) is 3.00. The van der Waals surface area contributed by atoms with E-state index >= 15 is 0 Å². The second-order valence-corrected chi connectivity index (χ2v) is 4.51. The molecule has 1 aromatic heterocycles. The van der Waals surface area contributed by atoms with E-state index in [1.165, 1.54) is 0 Å². The molecule has 2 aromatic rings. The van der Waals surface area contributed by atoms with Crippen molar-refractivity contribution in [3.63, 3.8) is 0 Å². The van der Waals surface area contributed by atoms with Crippen molar-refractivity contribution >= 4 is 17.3 Å². The van der Waals surface area contributed by atoms with Gasteiger partial charge in [-0.2, -0.15) is 0 Å². The topological polar surface area (TPSA) is 74.8 Å². The van der Waals surface area contributed by atoms with Crippen molar-refractivity contribution in [3.05, 3.63) is 53.0 Å². The first-order valence-corrected chi connectivity index (χ1v) is 6.19. The number of carbonyl (C=O) groups excluding carboxylic acids is 1. The third-order valence-corrected chi connectivity index (χ3v) is 3.00. The summed E-state index contributed by atoms with van der Waals surface area (Å²) in [5, 5.41) is 14.8. The summed E-state index contributed by atoms with van der Waals surface area (Å²) in [5.74, 6) is 1.01. The fourth-order valence-electron chi connectivity index (χ4n) is 2.01. The molecule has 0 aliphatic rings. The van der Waals surface area contributed by atoms with Crippen LogP contribution >= 0.6 is 0 Å². The molecule has 0 aliphatic heterocycles. The number of benzene rings is 1. The zero-order chi connectivity index (χ0) is 14.7. The Bertz CT molecular complexity index is 672. The molecule has 1 aromatic carbocycles. The predicted octanol–water partition coefficient (Wildman–Crippen LogP) is 3.35. The van der Waals surface area contributed by atoms with Gasteiger partial charge in [0.05, 0.1) is 17.0 Å². The van der Waals surface area contributed by atoms with E-state index in [0.29, 0.717) is 34.0 Å². The number of nitrogens with zero attached hydrogens (tertiary/aromatic N) is 1. The van der Waals surface area contributed by atoms with Gasteiger partial charge in [-0.1, -0.05) is 23.4 Å². The Hall–Kier alpha value is -2.56. The minimum absolute atomic E-state index is 0.252. The molecule has 0 fully saturated rings. The molecule has 5 heteroatoms. The molecule has 0 aliphatic carbocycles. The van der Waals surface area contributed by atoms with Crippen molar-refractivity contribution < 1.29 is 14.4 Å². The van der Waals surface area contributed by atoms with E-state index in [0.717, 1.165) is 0 Å². The molecule has 0 unspecified atom stereocenters. The lowest BCUT2D eigenvalue weighted by atomic mass is 10.1. The number of carbonyl (C=O) groups is 1. The molecule has 20 heavy (non-hydrogen) atoms. The summed E-state index contributed by atoms with van der Waals surface area (Å²) < 4.78 is 5.35. The molecule has 1 heterocycles. The summed E-state index contributed by atoms with van der Waals surface area (Å²) in [6.07, 6.45) is 0. The third kappa shape index (κ3) is 2.71. The fraction of sp³-hybridized carbons (Fsp3) is 0.200. The number of para-hydroxylation sites is 1. The monoisotopic (exact) mass is 272 g/mol. The van der Waals surface area contributed by atoms with Gasteiger partial charge < -0.3 is 14.9 Å². The molecule has 0 bridgehead atoms. The highest BCUT2D eigenvalue weighted by Crippen LogP contribution is 2.19. The lowest BCUT2D eigenvalue weighted by Crippen LogP contribution is -2.14. The smallest absolute Gasteiger partial charge is 0.259 e. The van der Waals surface area contributed by atoms with Crippen LogP contribution in [0.4, 0.5) is 5.69 Å². The normalized spacial score (nSPS) is 11.4. The maximum atomic E-state index is 12.2. The number of oxime groups is 1. The van der Waals surface area contributed by atoms with E-state index in [2.05, 4.69) is 10.5 Å². The second-order valence-electron chi connectivity index (χ2n) is 4.51. The van der Waals surface area contributed by atoms with Gasteiger partial charge in [0.2, 0.25) is 0 Å². The number of nitrogens with one attached hydrogen (secondary N) is 1. The van der Waals surface area contributed by atoms with Gasteiger partial charge in [-0.05, 0) is 32.9 Å². The van der Waals surface area contributed by atoms with Crippen LogP contribution in [0.15, 0.2) is 39.9 Å². The highest BCUT2D eigenvalue weighted by atomic mass is 16.4. The Balaban J connectivity index is 2.31. The largest absolute Gasteiger partial charge is 0.466 e. The fourth-order valence-corrected chi connectivity index (χ4v) is 2.01. The minimum atomic E-state index is -0.252.